The van der Waals surface area contributed by atoms with E-state index in [4.69, 9.17) is 10.5 Å². The third-order valence-corrected chi connectivity index (χ3v) is 3.12. The van der Waals surface area contributed by atoms with E-state index < -0.39 is 6.04 Å². The number of amides is 1. The van der Waals surface area contributed by atoms with Crippen LogP contribution in [0.4, 0.5) is 0 Å². The Morgan fingerprint density at radius 2 is 2.11 bits per heavy atom. The Kier molecular flexibility index (Phi) is 4.20. The summed E-state index contributed by atoms with van der Waals surface area (Å²) in [4.78, 5) is 11.5. The van der Waals surface area contributed by atoms with Crippen molar-refractivity contribution in [2.24, 2.45) is 11.7 Å². The summed E-state index contributed by atoms with van der Waals surface area (Å²) in [5.74, 6) is 1.20. The summed E-state index contributed by atoms with van der Waals surface area (Å²) < 4.78 is 5.37. The fourth-order valence-corrected chi connectivity index (χ4v) is 1.91. The summed E-state index contributed by atoms with van der Waals surface area (Å²) in [5.41, 5.74) is 6.33. The van der Waals surface area contributed by atoms with Gasteiger partial charge in [0.05, 0.1) is 6.61 Å². The predicted octanol–water partition coefficient (Wildman–Crippen LogP) is 1.61. The van der Waals surface area contributed by atoms with E-state index >= 15 is 0 Å². The van der Waals surface area contributed by atoms with Gasteiger partial charge in [-0.25, -0.2) is 0 Å². The van der Waals surface area contributed by atoms with E-state index in [2.05, 4.69) is 5.32 Å². The molecule has 2 rings (SSSR count). The lowest BCUT2D eigenvalue weighted by molar-refractivity contribution is -0.120. The zero-order valence-corrected chi connectivity index (χ0v) is 10.7. The van der Waals surface area contributed by atoms with Gasteiger partial charge in [0, 0.05) is 0 Å². The van der Waals surface area contributed by atoms with Crippen LogP contribution in [0.1, 0.15) is 31.4 Å². The van der Waals surface area contributed by atoms with Crippen molar-refractivity contribution in [2.45, 2.75) is 25.8 Å². The standard InChI is InChI=1S/C14H20N2O2/c1-2-18-12-7-5-11(6-8-12)13(14(15)17)16-9-10-3-4-10/h5-8,10,13,16H,2-4,9H2,1H3,(H2,15,17). The number of hydrogen-bond donors (Lipinski definition) is 2. The molecule has 1 atom stereocenters. The van der Waals surface area contributed by atoms with Crippen molar-refractivity contribution in [3.8, 4) is 5.75 Å². The van der Waals surface area contributed by atoms with Crippen LogP contribution in [-0.4, -0.2) is 19.1 Å². The molecule has 1 amide bonds. The first-order chi connectivity index (χ1) is 8.70. The number of primary amides is 1. The van der Waals surface area contributed by atoms with Gasteiger partial charge < -0.3 is 15.8 Å². The minimum atomic E-state index is -0.402. The van der Waals surface area contributed by atoms with Crippen LogP contribution in [0.15, 0.2) is 24.3 Å². The molecule has 0 bridgehead atoms. The molecule has 4 heteroatoms. The summed E-state index contributed by atoms with van der Waals surface area (Å²) in [7, 11) is 0. The molecule has 1 saturated carbocycles. The van der Waals surface area contributed by atoms with E-state index in [-0.39, 0.29) is 5.91 Å². The summed E-state index contributed by atoms with van der Waals surface area (Å²) in [6, 6.07) is 7.11. The smallest absolute Gasteiger partial charge is 0.239 e. The van der Waals surface area contributed by atoms with E-state index in [1.807, 2.05) is 31.2 Å². The largest absolute Gasteiger partial charge is 0.494 e. The first-order valence-corrected chi connectivity index (χ1v) is 6.46. The van der Waals surface area contributed by atoms with Crippen LogP contribution in [0.5, 0.6) is 5.75 Å². The quantitative estimate of drug-likeness (QED) is 0.770. The number of hydrogen-bond acceptors (Lipinski definition) is 3. The fraction of sp³-hybridized carbons (Fsp3) is 0.500. The number of ether oxygens (including phenoxy) is 1. The van der Waals surface area contributed by atoms with Gasteiger partial charge in [0.1, 0.15) is 11.8 Å². The lowest BCUT2D eigenvalue weighted by atomic mass is 10.1. The van der Waals surface area contributed by atoms with Crippen LogP contribution in [-0.2, 0) is 4.79 Å². The Morgan fingerprint density at radius 1 is 1.44 bits per heavy atom. The molecule has 1 aromatic rings. The van der Waals surface area contributed by atoms with Gasteiger partial charge in [-0.05, 0) is 49.9 Å². The minimum Gasteiger partial charge on any atom is -0.494 e. The topological polar surface area (TPSA) is 64.3 Å². The third kappa shape index (κ3) is 3.47. The van der Waals surface area contributed by atoms with Crippen molar-refractivity contribution in [1.82, 2.24) is 5.32 Å². The molecule has 0 saturated heterocycles. The Morgan fingerprint density at radius 3 is 2.61 bits per heavy atom. The van der Waals surface area contributed by atoms with Gasteiger partial charge in [0.2, 0.25) is 5.91 Å². The summed E-state index contributed by atoms with van der Waals surface area (Å²) in [5, 5.41) is 3.23. The molecule has 18 heavy (non-hydrogen) atoms. The Labute approximate surface area is 108 Å². The molecular weight excluding hydrogens is 228 g/mol. The molecule has 0 aliphatic heterocycles. The number of nitrogens with one attached hydrogen (secondary N) is 1. The van der Waals surface area contributed by atoms with E-state index in [1.54, 1.807) is 0 Å². The molecule has 0 spiro atoms. The monoisotopic (exact) mass is 248 g/mol. The molecule has 1 unspecified atom stereocenters. The second-order valence-corrected chi connectivity index (χ2v) is 4.69. The number of benzene rings is 1. The fourth-order valence-electron chi connectivity index (χ4n) is 1.91. The molecule has 4 nitrogen and oxygen atoms in total. The second kappa shape index (κ2) is 5.87. The summed E-state index contributed by atoms with van der Waals surface area (Å²) in [6.07, 6.45) is 2.50. The van der Waals surface area contributed by atoms with Crippen molar-refractivity contribution in [3.05, 3.63) is 29.8 Å². The molecule has 1 aliphatic rings. The maximum atomic E-state index is 11.5. The lowest BCUT2D eigenvalue weighted by Crippen LogP contribution is -2.34. The Bertz CT molecular complexity index is 399. The van der Waals surface area contributed by atoms with Crippen molar-refractivity contribution >= 4 is 5.91 Å². The lowest BCUT2D eigenvalue weighted by Gasteiger charge is -2.16. The minimum absolute atomic E-state index is 0.334. The molecule has 0 heterocycles. The van der Waals surface area contributed by atoms with Crippen LogP contribution in [0.2, 0.25) is 0 Å². The first kappa shape index (κ1) is 12.9. The Hall–Kier alpha value is -1.55. The highest BCUT2D eigenvalue weighted by molar-refractivity contribution is 5.81. The van der Waals surface area contributed by atoms with Crippen LogP contribution >= 0.6 is 0 Å². The molecule has 98 valence electrons. The van der Waals surface area contributed by atoms with E-state index in [0.717, 1.165) is 23.8 Å². The second-order valence-electron chi connectivity index (χ2n) is 4.69. The molecule has 0 radical (unpaired) electrons. The zero-order chi connectivity index (χ0) is 13.0. The third-order valence-electron chi connectivity index (χ3n) is 3.12. The van der Waals surface area contributed by atoms with E-state index in [0.29, 0.717) is 6.61 Å². The maximum Gasteiger partial charge on any atom is 0.239 e. The maximum absolute atomic E-state index is 11.5. The summed E-state index contributed by atoms with van der Waals surface area (Å²) >= 11 is 0. The first-order valence-electron chi connectivity index (χ1n) is 6.46. The van der Waals surface area contributed by atoms with Gasteiger partial charge in [-0.1, -0.05) is 12.1 Å². The average Bonchev–Trinajstić information content (AvgIpc) is 3.15. The van der Waals surface area contributed by atoms with Crippen molar-refractivity contribution in [3.63, 3.8) is 0 Å². The van der Waals surface area contributed by atoms with Crippen LogP contribution < -0.4 is 15.8 Å². The van der Waals surface area contributed by atoms with Gasteiger partial charge in [-0.15, -0.1) is 0 Å². The molecule has 1 aliphatic carbocycles. The zero-order valence-electron chi connectivity index (χ0n) is 10.7. The van der Waals surface area contributed by atoms with Crippen LogP contribution in [0, 0.1) is 5.92 Å². The summed E-state index contributed by atoms with van der Waals surface area (Å²) in [6.45, 7) is 3.44. The highest BCUT2D eigenvalue weighted by Crippen LogP contribution is 2.28. The van der Waals surface area contributed by atoms with Gasteiger partial charge in [-0.2, -0.15) is 0 Å². The van der Waals surface area contributed by atoms with Crippen molar-refractivity contribution in [1.29, 1.82) is 0 Å². The van der Waals surface area contributed by atoms with Gasteiger partial charge in [-0.3, -0.25) is 4.79 Å². The van der Waals surface area contributed by atoms with Crippen molar-refractivity contribution < 1.29 is 9.53 Å². The number of carbonyl (C=O) groups excluding carboxylic acids is 1. The molecule has 3 N–H and O–H groups in total. The van der Waals surface area contributed by atoms with E-state index in [9.17, 15) is 4.79 Å². The van der Waals surface area contributed by atoms with Crippen LogP contribution in [0.3, 0.4) is 0 Å². The van der Waals surface area contributed by atoms with Crippen molar-refractivity contribution in [2.75, 3.05) is 13.2 Å². The van der Waals surface area contributed by atoms with E-state index in [1.165, 1.54) is 12.8 Å². The van der Waals surface area contributed by atoms with Gasteiger partial charge >= 0.3 is 0 Å². The SMILES string of the molecule is CCOc1ccc(C(NCC2CC2)C(N)=O)cc1. The van der Waals surface area contributed by atoms with Gasteiger partial charge in [0.15, 0.2) is 0 Å². The Balaban J connectivity index is 2.01. The molecular formula is C14H20N2O2. The number of nitrogens with two attached hydrogens (primary N) is 1. The predicted molar refractivity (Wildman–Crippen MR) is 70.3 cm³/mol. The van der Waals surface area contributed by atoms with Gasteiger partial charge in [0.25, 0.3) is 0 Å². The highest BCUT2D eigenvalue weighted by Gasteiger charge is 2.24. The average molecular weight is 248 g/mol. The number of carbonyl (C=O) groups is 1. The van der Waals surface area contributed by atoms with Crippen LogP contribution in [0.25, 0.3) is 0 Å². The molecule has 0 aromatic heterocycles. The number of rotatable bonds is 7. The molecule has 1 aromatic carbocycles. The molecule has 1 fully saturated rings. The normalized spacial score (nSPS) is 16.3. The highest BCUT2D eigenvalue weighted by atomic mass is 16.5.